The molecular weight excluding hydrogens is 412 g/mol. The van der Waals surface area contributed by atoms with E-state index in [9.17, 15) is 24.2 Å². The van der Waals surface area contributed by atoms with Crippen molar-refractivity contribution in [1.29, 1.82) is 0 Å². The molecule has 0 radical (unpaired) electrons. The highest BCUT2D eigenvalue weighted by Gasteiger charge is 2.59. The van der Waals surface area contributed by atoms with Gasteiger partial charge in [-0.1, -0.05) is 4.62 Å². The van der Waals surface area contributed by atoms with Crippen molar-refractivity contribution in [2.24, 2.45) is 4.99 Å². The van der Waals surface area contributed by atoms with Crippen molar-refractivity contribution in [3.05, 3.63) is 6.33 Å². The standard InChI is InChI=1S/C10H15N5O10P2/c11-9-8-10(13-3-12-9)15(4-14-8,7-1-5(17)6(2-16)23-7)24-27(21,22)25-26(18,19)20/h3-7,16-17H,1-2H2,(H4-,11,12,13,18,19,20,21,22)/p+1/t5-,6+,7+,15?/m0/s1. The van der Waals surface area contributed by atoms with E-state index in [0.29, 0.717) is 0 Å². The van der Waals surface area contributed by atoms with Crippen LogP contribution in [-0.4, -0.2) is 66.2 Å². The monoisotopic (exact) mass is 428 g/mol. The van der Waals surface area contributed by atoms with Crippen molar-refractivity contribution in [2.75, 3.05) is 12.3 Å². The molecule has 2 aliphatic heterocycles. The fourth-order valence-electron chi connectivity index (χ4n) is 2.72. The van der Waals surface area contributed by atoms with E-state index in [2.05, 4.69) is 19.3 Å². The lowest BCUT2D eigenvalue weighted by Crippen LogP contribution is -2.54. The van der Waals surface area contributed by atoms with Crippen LogP contribution in [0.25, 0.3) is 0 Å². The van der Waals surface area contributed by atoms with E-state index in [1.165, 1.54) is 0 Å². The summed E-state index contributed by atoms with van der Waals surface area (Å²) < 4.78 is 36.2. The van der Waals surface area contributed by atoms with Crippen LogP contribution < -0.4 is 10.4 Å². The van der Waals surface area contributed by atoms with Crippen LogP contribution in [0.15, 0.2) is 11.3 Å². The van der Waals surface area contributed by atoms with Gasteiger partial charge >= 0.3 is 21.5 Å². The maximum Gasteiger partial charge on any atom is 0.528 e. The Kier molecular flexibility index (Phi) is 5.22. The number of phosphoric acid groups is 2. The first-order valence-electron chi connectivity index (χ1n) is 7.27. The molecule has 3 heterocycles. The maximum atomic E-state index is 12.2. The van der Waals surface area contributed by atoms with Crippen molar-refractivity contribution in [3.63, 3.8) is 0 Å². The summed E-state index contributed by atoms with van der Waals surface area (Å²) in [5.74, 6) is -0.303. The molecule has 3 rings (SSSR count). The highest BCUT2D eigenvalue weighted by atomic mass is 31.3. The Morgan fingerprint density at radius 2 is 2.04 bits per heavy atom. The summed E-state index contributed by atoms with van der Waals surface area (Å²) in [5, 5.41) is 19.2. The minimum atomic E-state index is -5.41. The molecule has 27 heavy (non-hydrogen) atoms. The Labute approximate surface area is 151 Å². The molecule has 0 bridgehead atoms. The molecular formula is C10H16N5O10P2+. The third-order valence-electron chi connectivity index (χ3n) is 3.78. The summed E-state index contributed by atoms with van der Waals surface area (Å²) in [4.78, 5) is 39.0. The van der Waals surface area contributed by atoms with Crippen LogP contribution >= 0.6 is 15.6 Å². The van der Waals surface area contributed by atoms with E-state index in [0.717, 1.165) is 12.7 Å². The van der Waals surface area contributed by atoms with Gasteiger partial charge in [0.15, 0.2) is 11.5 Å². The summed E-state index contributed by atoms with van der Waals surface area (Å²) >= 11 is 0. The van der Waals surface area contributed by atoms with E-state index in [4.69, 9.17) is 24.9 Å². The van der Waals surface area contributed by atoms with E-state index >= 15 is 0 Å². The van der Waals surface area contributed by atoms with Gasteiger partial charge in [-0.2, -0.15) is 14.3 Å². The lowest BCUT2D eigenvalue weighted by molar-refractivity contribution is -0.144. The molecule has 0 spiro atoms. The van der Waals surface area contributed by atoms with Crippen LogP contribution in [-0.2, 0) is 22.8 Å². The number of hydroxylamine groups is 2. The maximum absolute atomic E-state index is 12.2. The zero-order chi connectivity index (χ0) is 20.0. The topological polar surface area (TPSA) is 227 Å². The SMILES string of the molecule is Nc1ncnc2c1N=C[N+]2(OP(=O)(O)OP(=O)(O)O)[C@H]1C[C@H](O)[C@@H](CO)O1. The van der Waals surface area contributed by atoms with E-state index in [1.807, 2.05) is 0 Å². The van der Waals surface area contributed by atoms with Crippen LogP contribution in [0.3, 0.4) is 0 Å². The smallest absolute Gasteiger partial charge is 0.394 e. The molecule has 2 aliphatic rings. The predicted molar refractivity (Wildman–Crippen MR) is 86.8 cm³/mol. The van der Waals surface area contributed by atoms with E-state index in [1.54, 1.807) is 0 Å². The number of fused-ring (bicyclic) bond motifs is 1. The first-order valence-corrected chi connectivity index (χ1v) is 10.3. The number of ether oxygens (including phenoxy) is 1. The van der Waals surface area contributed by atoms with Gasteiger partial charge in [0, 0.05) is 0 Å². The van der Waals surface area contributed by atoms with Gasteiger partial charge in [-0.3, -0.25) is 4.89 Å². The van der Waals surface area contributed by atoms with Crippen molar-refractivity contribution in [3.8, 4) is 0 Å². The molecule has 15 nitrogen and oxygen atoms in total. The van der Waals surface area contributed by atoms with Gasteiger partial charge < -0.3 is 30.5 Å². The Morgan fingerprint density at radius 3 is 2.63 bits per heavy atom. The Morgan fingerprint density at radius 1 is 1.33 bits per heavy atom. The van der Waals surface area contributed by atoms with Gasteiger partial charge in [-0.05, 0) is 4.65 Å². The van der Waals surface area contributed by atoms with Crippen molar-refractivity contribution < 1.29 is 47.7 Å². The molecule has 0 amide bonds. The van der Waals surface area contributed by atoms with Gasteiger partial charge in [0.25, 0.3) is 0 Å². The molecule has 7 N–H and O–H groups in total. The number of quaternary nitrogens is 1. The second-order valence-corrected chi connectivity index (χ2v) is 8.36. The molecule has 1 saturated heterocycles. The van der Waals surface area contributed by atoms with Gasteiger partial charge in [-0.15, -0.1) is 0 Å². The molecule has 1 aromatic rings. The number of hydrogen-bond acceptors (Lipinski definition) is 11. The number of rotatable bonds is 6. The molecule has 1 aromatic heterocycles. The quantitative estimate of drug-likeness (QED) is 0.228. The van der Waals surface area contributed by atoms with Crippen LogP contribution in [0.4, 0.5) is 17.3 Å². The van der Waals surface area contributed by atoms with E-state index < -0.39 is 45.3 Å². The predicted octanol–water partition coefficient (Wildman–Crippen LogP) is -1.35. The molecule has 150 valence electrons. The molecule has 0 aromatic carbocycles. The second kappa shape index (κ2) is 6.92. The number of nitrogens with two attached hydrogens (primary N) is 1. The molecule has 0 aliphatic carbocycles. The first kappa shape index (κ1) is 20.4. The number of aliphatic imine (C=N–C) groups is 1. The number of nitrogens with zero attached hydrogens (tertiary/aromatic N) is 4. The summed E-state index contributed by atoms with van der Waals surface area (Å²) in [6.07, 6.45) is -1.78. The third kappa shape index (κ3) is 3.94. The van der Waals surface area contributed by atoms with Crippen LogP contribution in [0.1, 0.15) is 6.42 Å². The number of anilines is 1. The van der Waals surface area contributed by atoms with E-state index in [-0.39, 0.29) is 23.7 Å². The Balaban J connectivity index is 2.05. The average Bonchev–Trinajstić information content (AvgIpc) is 3.07. The lowest BCUT2D eigenvalue weighted by Gasteiger charge is -2.31. The van der Waals surface area contributed by atoms with Crippen LogP contribution in [0.5, 0.6) is 0 Å². The number of aliphatic hydroxyl groups excluding tert-OH is 2. The zero-order valence-corrected chi connectivity index (χ0v) is 15.1. The Bertz CT molecular complexity index is 863. The van der Waals surface area contributed by atoms with Crippen molar-refractivity contribution in [2.45, 2.75) is 24.9 Å². The molecule has 1 fully saturated rings. The summed E-state index contributed by atoms with van der Waals surface area (Å²) in [6.45, 7) is -0.566. The third-order valence-corrected chi connectivity index (χ3v) is 5.93. The largest absolute Gasteiger partial charge is 0.528 e. The fraction of sp³-hybridized carbons (Fsp3) is 0.500. The van der Waals surface area contributed by atoms with Crippen LogP contribution in [0, 0.1) is 0 Å². The molecule has 17 heteroatoms. The molecule has 2 unspecified atom stereocenters. The van der Waals surface area contributed by atoms with Gasteiger partial charge in [0.1, 0.15) is 12.4 Å². The highest BCUT2D eigenvalue weighted by molar-refractivity contribution is 7.60. The van der Waals surface area contributed by atoms with Gasteiger partial charge in [-0.25, -0.2) is 14.1 Å². The van der Waals surface area contributed by atoms with Gasteiger partial charge in [0.2, 0.25) is 12.6 Å². The minimum absolute atomic E-state index is 0.0424. The fourth-order valence-corrected chi connectivity index (χ4v) is 4.48. The number of aliphatic hydroxyl groups is 2. The number of nitrogen functional groups attached to an aromatic ring is 1. The zero-order valence-electron chi connectivity index (χ0n) is 13.3. The highest BCUT2D eigenvalue weighted by Crippen LogP contribution is 2.61. The van der Waals surface area contributed by atoms with Gasteiger partial charge in [0.05, 0.1) is 19.1 Å². The Hall–Kier alpha value is -1.35. The summed E-state index contributed by atoms with van der Waals surface area (Å²) in [6, 6.07) is 0. The molecule has 5 atom stereocenters. The average molecular weight is 428 g/mol. The second-order valence-electron chi connectivity index (χ2n) is 5.62. The summed E-state index contributed by atoms with van der Waals surface area (Å²) in [5.41, 5.74) is 5.65. The van der Waals surface area contributed by atoms with Crippen LogP contribution in [0.2, 0.25) is 0 Å². The number of aromatic nitrogens is 2. The summed E-state index contributed by atoms with van der Waals surface area (Å²) in [7, 11) is -10.8. The normalized spacial score (nSPS) is 32.4. The lowest BCUT2D eigenvalue weighted by atomic mass is 10.2. The first-order chi connectivity index (χ1) is 12.5. The van der Waals surface area contributed by atoms with Crippen molar-refractivity contribution >= 4 is 39.3 Å². The number of hydrogen-bond donors (Lipinski definition) is 6. The minimum Gasteiger partial charge on any atom is -0.394 e. The molecule has 0 saturated carbocycles. The van der Waals surface area contributed by atoms with Crippen molar-refractivity contribution in [1.82, 2.24) is 14.6 Å².